The summed E-state index contributed by atoms with van der Waals surface area (Å²) < 4.78 is 8.54. The number of thiocarbonyl (C=S) groups is 1. The number of ether oxygens (including phenoxy) is 1. The predicted octanol–water partition coefficient (Wildman–Crippen LogP) is 4.12. The summed E-state index contributed by atoms with van der Waals surface area (Å²) in [4.78, 5) is 0. The van der Waals surface area contributed by atoms with Gasteiger partial charge in [-0.2, -0.15) is 0 Å². The Morgan fingerprint density at radius 3 is 2.16 bits per heavy atom. The summed E-state index contributed by atoms with van der Waals surface area (Å²) in [5.74, 6) is 0.852. The van der Waals surface area contributed by atoms with E-state index in [1.165, 1.54) is 12.1 Å². The van der Waals surface area contributed by atoms with Crippen LogP contribution in [-0.2, 0) is 0 Å². The molecule has 1 heterocycles. The van der Waals surface area contributed by atoms with Crippen molar-refractivity contribution in [3.63, 3.8) is 0 Å². The molecule has 0 N–H and O–H groups in total. The summed E-state index contributed by atoms with van der Waals surface area (Å²) in [6.45, 7) is 10.7. The molecule has 19 heavy (non-hydrogen) atoms. The molecule has 1 aliphatic rings. The molecule has 1 fully saturated rings. The molecule has 0 amide bonds. The zero-order valence-electron chi connectivity index (χ0n) is 12.3. The second kappa shape index (κ2) is 5.48. The zero-order chi connectivity index (χ0) is 14.1. The molecular formula is C14H23NOSSi2. The summed E-state index contributed by atoms with van der Waals surface area (Å²) in [5, 5.41) is 0.717. The molecule has 1 aromatic carbocycles. The molecule has 0 radical (unpaired) electrons. The Labute approximate surface area is 123 Å². The van der Waals surface area contributed by atoms with Crippen molar-refractivity contribution >= 4 is 33.7 Å². The van der Waals surface area contributed by atoms with Crippen molar-refractivity contribution < 1.29 is 4.74 Å². The lowest BCUT2D eigenvalue weighted by Gasteiger charge is -2.38. The number of benzene rings is 1. The molecule has 0 saturated carbocycles. The summed E-state index contributed by atoms with van der Waals surface area (Å²) in [6, 6.07) is 12.7. The van der Waals surface area contributed by atoms with Gasteiger partial charge in [0.1, 0.15) is 22.2 Å². The summed E-state index contributed by atoms with van der Waals surface area (Å²) in [6.07, 6.45) is 0. The van der Waals surface area contributed by atoms with E-state index in [2.05, 4.69) is 30.4 Å². The Morgan fingerprint density at radius 1 is 1.11 bits per heavy atom. The first-order valence-electron chi connectivity index (χ1n) is 6.85. The fourth-order valence-corrected chi connectivity index (χ4v) is 17.2. The normalized spacial score (nSPS) is 21.3. The average Bonchev–Trinajstić information content (AvgIpc) is 2.54. The van der Waals surface area contributed by atoms with Crippen LogP contribution >= 0.6 is 12.2 Å². The molecule has 2 nitrogen and oxygen atoms in total. The molecule has 0 aliphatic carbocycles. The second-order valence-electron chi connectivity index (χ2n) is 6.50. The van der Waals surface area contributed by atoms with Crippen LogP contribution in [0.5, 0.6) is 5.75 Å². The molecule has 2 rings (SSSR count). The van der Waals surface area contributed by atoms with E-state index in [0.29, 0.717) is 5.05 Å². The van der Waals surface area contributed by atoms with Crippen molar-refractivity contribution in [2.24, 2.45) is 0 Å². The van der Waals surface area contributed by atoms with Gasteiger partial charge >= 0.3 is 0 Å². The number of hydrogen-bond acceptors (Lipinski definition) is 3. The highest BCUT2D eigenvalue weighted by Gasteiger charge is 2.47. The SMILES string of the molecule is C[Si]1(C)CC[Si](C)(C)N1CC(=S)Oc1ccccc1. The third kappa shape index (κ3) is 3.53. The van der Waals surface area contributed by atoms with Crippen molar-refractivity contribution in [3.8, 4) is 5.75 Å². The first-order chi connectivity index (χ1) is 8.81. The van der Waals surface area contributed by atoms with Crippen molar-refractivity contribution in [2.75, 3.05) is 6.54 Å². The Balaban J connectivity index is 2.02. The summed E-state index contributed by atoms with van der Waals surface area (Å²) in [7, 11) is -2.51. The molecule has 1 saturated heterocycles. The minimum atomic E-state index is -1.26. The Kier molecular flexibility index (Phi) is 4.30. The first-order valence-corrected chi connectivity index (χ1v) is 13.6. The summed E-state index contributed by atoms with van der Waals surface area (Å²) in [5.41, 5.74) is 0. The van der Waals surface area contributed by atoms with Crippen LogP contribution in [0.15, 0.2) is 30.3 Å². The highest BCUT2D eigenvalue weighted by atomic mass is 32.1. The van der Waals surface area contributed by atoms with Crippen LogP contribution in [0.1, 0.15) is 0 Å². The van der Waals surface area contributed by atoms with Gasteiger partial charge in [-0.25, -0.2) is 0 Å². The van der Waals surface area contributed by atoms with Crippen LogP contribution < -0.4 is 4.74 Å². The van der Waals surface area contributed by atoms with Gasteiger partial charge in [0.05, 0.1) is 6.54 Å². The Hall–Kier alpha value is -0.496. The van der Waals surface area contributed by atoms with E-state index in [1.54, 1.807) is 0 Å². The lowest BCUT2D eigenvalue weighted by Crippen LogP contribution is -2.56. The van der Waals surface area contributed by atoms with E-state index in [-0.39, 0.29) is 0 Å². The molecule has 0 bridgehead atoms. The van der Waals surface area contributed by atoms with Gasteiger partial charge in [-0.05, 0) is 36.4 Å². The zero-order valence-corrected chi connectivity index (χ0v) is 15.1. The van der Waals surface area contributed by atoms with Crippen molar-refractivity contribution in [1.29, 1.82) is 0 Å². The van der Waals surface area contributed by atoms with Crippen molar-refractivity contribution in [1.82, 2.24) is 4.23 Å². The molecule has 0 aromatic heterocycles. The molecule has 1 aromatic rings. The predicted molar refractivity (Wildman–Crippen MR) is 91.0 cm³/mol. The van der Waals surface area contributed by atoms with Crippen LogP contribution in [-0.4, -0.2) is 32.3 Å². The van der Waals surface area contributed by atoms with Gasteiger partial charge in [0.2, 0.25) is 0 Å². The monoisotopic (exact) mass is 309 g/mol. The molecule has 1 aliphatic heterocycles. The van der Waals surface area contributed by atoms with Gasteiger partial charge in [-0.15, -0.1) is 0 Å². The van der Waals surface area contributed by atoms with E-state index in [0.717, 1.165) is 12.3 Å². The Morgan fingerprint density at radius 2 is 1.63 bits per heavy atom. The quantitative estimate of drug-likeness (QED) is 0.615. The van der Waals surface area contributed by atoms with Gasteiger partial charge in [0, 0.05) is 0 Å². The number of para-hydroxylation sites is 1. The average molecular weight is 310 g/mol. The molecule has 0 atom stereocenters. The topological polar surface area (TPSA) is 12.5 Å². The maximum absolute atomic E-state index is 5.80. The van der Waals surface area contributed by atoms with Crippen LogP contribution in [0, 0.1) is 0 Å². The molecule has 5 heteroatoms. The van der Waals surface area contributed by atoms with Gasteiger partial charge in [0.25, 0.3) is 0 Å². The number of rotatable bonds is 3. The fraction of sp³-hybridized carbons (Fsp3) is 0.500. The van der Waals surface area contributed by atoms with E-state index >= 15 is 0 Å². The minimum Gasteiger partial charge on any atom is -0.449 e. The third-order valence-corrected chi connectivity index (χ3v) is 14.6. The van der Waals surface area contributed by atoms with Crippen LogP contribution in [0.2, 0.25) is 38.3 Å². The standard InChI is InChI=1S/C14H23NOSSi2/c1-18(2)10-11-19(3,4)15(18)12-14(17)16-13-8-6-5-7-9-13/h5-9H,10-12H2,1-4H3. The van der Waals surface area contributed by atoms with E-state index < -0.39 is 16.5 Å². The van der Waals surface area contributed by atoms with Crippen LogP contribution in [0.25, 0.3) is 0 Å². The fourth-order valence-electron chi connectivity index (χ4n) is 2.91. The van der Waals surface area contributed by atoms with E-state index in [1.807, 2.05) is 30.3 Å². The first kappa shape index (κ1) is 14.9. The Bertz CT molecular complexity index is 446. The second-order valence-corrected chi connectivity index (χ2v) is 16.7. The highest BCUT2D eigenvalue weighted by Crippen LogP contribution is 2.36. The molecule has 0 spiro atoms. The third-order valence-electron chi connectivity index (χ3n) is 4.07. The molecular weight excluding hydrogens is 286 g/mol. The summed E-state index contributed by atoms with van der Waals surface area (Å²) >= 11 is 5.46. The van der Waals surface area contributed by atoms with Crippen LogP contribution in [0.4, 0.5) is 0 Å². The van der Waals surface area contributed by atoms with Gasteiger partial charge in [0.15, 0.2) is 5.05 Å². The van der Waals surface area contributed by atoms with E-state index in [4.69, 9.17) is 17.0 Å². The highest BCUT2D eigenvalue weighted by molar-refractivity contribution is 7.80. The number of hydrogen-bond donors (Lipinski definition) is 0. The lowest BCUT2D eigenvalue weighted by molar-refractivity contribution is 0.530. The maximum Gasteiger partial charge on any atom is 0.180 e. The van der Waals surface area contributed by atoms with Crippen LogP contribution in [0.3, 0.4) is 0 Å². The van der Waals surface area contributed by atoms with E-state index in [9.17, 15) is 0 Å². The molecule has 0 unspecified atom stereocenters. The minimum absolute atomic E-state index is 0.717. The van der Waals surface area contributed by atoms with Crippen molar-refractivity contribution in [3.05, 3.63) is 30.3 Å². The van der Waals surface area contributed by atoms with Crippen molar-refractivity contribution in [2.45, 2.75) is 38.3 Å². The van der Waals surface area contributed by atoms with Gasteiger partial charge in [-0.1, -0.05) is 44.4 Å². The largest absolute Gasteiger partial charge is 0.449 e. The van der Waals surface area contributed by atoms with Gasteiger partial charge in [-0.3, -0.25) is 0 Å². The van der Waals surface area contributed by atoms with Gasteiger partial charge < -0.3 is 8.97 Å². The lowest BCUT2D eigenvalue weighted by atomic mass is 10.3. The number of nitrogens with zero attached hydrogens (tertiary/aromatic N) is 1. The molecule has 104 valence electrons. The maximum atomic E-state index is 5.80. The smallest absolute Gasteiger partial charge is 0.180 e.